The fraction of sp³-hybridized carbons (Fsp3) is 1.00. The summed E-state index contributed by atoms with van der Waals surface area (Å²) in [6, 6.07) is 0. The van der Waals surface area contributed by atoms with Crippen LogP contribution in [0, 0.1) is 0 Å². The standard InChI is InChI=1S/C9H22NO3P/c1-8(2)12-14(11,7-10(5)6)13-9(3)4/h8-9H,7H2,1-6H3. The van der Waals surface area contributed by atoms with Crippen molar-refractivity contribution in [3.8, 4) is 0 Å². The molecule has 0 N–H and O–H groups in total. The highest BCUT2D eigenvalue weighted by atomic mass is 31.2. The summed E-state index contributed by atoms with van der Waals surface area (Å²) < 4.78 is 22.9. The first-order valence-electron chi connectivity index (χ1n) is 4.86. The quantitative estimate of drug-likeness (QED) is 0.649. The Morgan fingerprint density at radius 2 is 1.43 bits per heavy atom. The molecule has 0 atom stereocenters. The average Bonchev–Trinajstić information content (AvgIpc) is 1.76. The van der Waals surface area contributed by atoms with Crippen molar-refractivity contribution in [1.82, 2.24) is 4.90 Å². The van der Waals surface area contributed by atoms with E-state index in [1.807, 2.05) is 46.7 Å². The molecule has 0 aromatic heterocycles. The van der Waals surface area contributed by atoms with Crippen LogP contribution in [-0.4, -0.2) is 37.5 Å². The Balaban J connectivity index is 4.41. The summed E-state index contributed by atoms with van der Waals surface area (Å²) in [5.74, 6) is 0. The van der Waals surface area contributed by atoms with Gasteiger partial charge in [0, 0.05) is 0 Å². The Morgan fingerprint density at radius 1 is 1.07 bits per heavy atom. The van der Waals surface area contributed by atoms with Gasteiger partial charge >= 0.3 is 7.60 Å². The molecule has 0 saturated carbocycles. The van der Waals surface area contributed by atoms with Crippen molar-refractivity contribution in [3.05, 3.63) is 0 Å². The molecule has 0 spiro atoms. The van der Waals surface area contributed by atoms with Crippen LogP contribution >= 0.6 is 7.60 Å². The second kappa shape index (κ2) is 5.86. The van der Waals surface area contributed by atoms with Crippen molar-refractivity contribution in [2.24, 2.45) is 0 Å². The van der Waals surface area contributed by atoms with Crippen LogP contribution in [0.25, 0.3) is 0 Å². The van der Waals surface area contributed by atoms with Crippen LogP contribution in [0.1, 0.15) is 27.7 Å². The predicted octanol–water partition coefficient (Wildman–Crippen LogP) is 2.55. The van der Waals surface area contributed by atoms with Crippen LogP contribution in [0.5, 0.6) is 0 Å². The topological polar surface area (TPSA) is 38.8 Å². The fourth-order valence-corrected chi connectivity index (χ4v) is 3.24. The zero-order valence-corrected chi connectivity index (χ0v) is 10.9. The van der Waals surface area contributed by atoms with Crippen molar-refractivity contribution in [2.45, 2.75) is 39.9 Å². The molecule has 0 aliphatic rings. The van der Waals surface area contributed by atoms with Gasteiger partial charge in [-0.1, -0.05) is 0 Å². The molecule has 0 aliphatic heterocycles. The Labute approximate surface area is 87.1 Å². The third-order valence-corrected chi connectivity index (χ3v) is 3.60. The molecule has 86 valence electrons. The zero-order valence-electron chi connectivity index (χ0n) is 9.98. The first-order chi connectivity index (χ1) is 6.25. The molecule has 0 bridgehead atoms. The Bertz CT molecular complexity index is 171. The maximum atomic E-state index is 12.2. The van der Waals surface area contributed by atoms with Gasteiger partial charge < -0.3 is 9.05 Å². The zero-order chi connectivity index (χ0) is 11.4. The molecule has 0 saturated heterocycles. The van der Waals surface area contributed by atoms with E-state index >= 15 is 0 Å². The van der Waals surface area contributed by atoms with Gasteiger partial charge in [0.05, 0.1) is 12.2 Å². The van der Waals surface area contributed by atoms with Gasteiger partial charge in [0.25, 0.3) is 0 Å². The third kappa shape index (κ3) is 6.55. The first-order valence-corrected chi connectivity index (χ1v) is 6.58. The normalized spacial score (nSPS) is 13.2. The lowest BCUT2D eigenvalue weighted by atomic mass is 10.5. The van der Waals surface area contributed by atoms with Gasteiger partial charge in [-0.15, -0.1) is 0 Å². The minimum Gasteiger partial charge on any atom is -0.305 e. The number of rotatable bonds is 6. The summed E-state index contributed by atoms with van der Waals surface area (Å²) in [5.41, 5.74) is 0. The summed E-state index contributed by atoms with van der Waals surface area (Å²) in [6.07, 6.45) is 0.155. The minimum atomic E-state index is -2.96. The van der Waals surface area contributed by atoms with Gasteiger partial charge in [-0.3, -0.25) is 9.46 Å². The van der Waals surface area contributed by atoms with E-state index in [2.05, 4.69) is 0 Å². The van der Waals surface area contributed by atoms with Crippen LogP contribution in [-0.2, 0) is 13.6 Å². The highest BCUT2D eigenvalue weighted by Crippen LogP contribution is 2.50. The van der Waals surface area contributed by atoms with Crippen molar-refractivity contribution in [2.75, 3.05) is 20.4 Å². The second-order valence-corrected chi connectivity index (χ2v) is 6.07. The SMILES string of the molecule is CC(C)OP(=O)(CN(C)C)OC(C)C. The van der Waals surface area contributed by atoms with Crippen LogP contribution in [0.4, 0.5) is 0 Å². The summed E-state index contributed by atoms with van der Waals surface area (Å²) >= 11 is 0. The Kier molecular flexibility index (Phi) is 5.91. The molecule has 14 heavy (non-hydrogen) atoms. The number of hydrogen-bond donors (Lipinski definition) is 0. The molecular weight excluding hydrogens is 201 g/mol. The lowest BCUT2D eigenvalue weighted by molar-refractivity contribution is 0.135. The van der Waals surface area contributed by atoms with E-state index in [1.165, 1.54) is 0 Å². The van der Waals surface area contributed by atoms with Crippen LogP contribution in [0.3, 0.4) is 0 Å². The summed E-state index contributed by atoms with van der Waals surface area (Å²) in [7, 11) is 0.733. The molecule has 0 unspecified atom stereocenters. The van der Waals surface area contributed by atoms with Gasteiger partial charge in [0.1, 0.15) is 6.29 Å². The molecule has 0 amide bonds. The van der Waals surface area contributed by atoms with Gasteiger partial charge in [0.2, 0.25) is 0 Å². The smallest absolute Gasteiger partial charge is 0.305 e. The molecule has 0 aliphatic carbocycles. The van der Waals surface area contributed by atoms with Gasteiger partial charge in [-0.25, -0.2) is 0 Å². The van der Waals surface area contributed by atoms with Crippen molar-refractivity contribution in [3.63, 3.8) is 0 Å². The maximum absolute atomic E-state index is 12.2. The van der Waals surface area contributed by atoms with E-state index in [0.29, 0.717) is 6.29 Å². The van der Waals surface area contributed by atoms with E-state index in [1.54, 1.807) is 0 Å². The third-order valence-electron chi connectivity index (χ3n) is 1.20. The lowest BCUT2D eigenvalue weighted by Gasteiger charge is -2.25. The van der Waals surface area contributed by atoms with Crippen molar-refractivity contribution < 1.29 is 13.6 Å². The highest BCUT2D eigenvalue weighted by Gasteiger charge is 2.28. The van der Waals surface area contributed by atoms with E-state index in [0.717, 1.165) is 0 Å². The Morgan fingerprint density at radius 3 is 1.64 bits per heavy atom. The molecule has 0 rings (SSSR count). The lowest BCUT2D eigenvalue weighted by Crippen LogP contribution is -2.19. The predicted molar refractivity (Wildman–Crippen MR) is 58.6 cm³/mol. The van der Waals surface area contributed by atoms with Crippen molar-refractivity contribution >= 4 is 7.60 Å². The summed E-state index contributed by atoms with van der Waals surface area (Å²) in [5, 5.41) is 0. The van der Waals surface area contributed by atoms with Crippen LogP contribution in [0.2, 0.25) is 0 Å². The van der Waals surface area contributed by atoms with Gasteiger partial charge in [0.15, 0.2) is 0 Å². The van der Waals surface area contributed by atoms with E-state index < -0.39 is 7.60 Å². The van der Waals surface area contributed by atoms with Crippen LogP contribution < -0.4 is 0 Å². The van der Waals surface area contributed by atoms with E-state index in [4.69, 9.17) is 9.05 Å². The van der Waals surface area contributed by atoms with Crippen molar-refractivity contribution in [1.29, 1.82) is 0 Å². The van der Waals surface area contributed by atoms with Crippen LogP contribution in [0.15, 0.2) is 0 Å². The molecule has 0 heterocycles. The summed E-state index contributed by atoms with van der Waals surface area (Å²) in [6.45, 7) is 7.41. The fourth-order valence-electron chi connectivity index (χ4n) is 1.08. The van der Waals surface area contributed by atoms with E-state index in [9.17, 15) is 4.57 Å². The first kappa shape index (κ1) is 14.1. The molecule has 0 fully saturated rings. The molecule has 0 aromatic rings. The molecule has 0 radical (unpaired) electrons. The molecular formula is C9H22NO3P. The second-order valence-electron chi connectivity index (χ2n) is 4.14. The molecule has 4 nitrogen and oxygen atoms in total. The maximum Gasteiger partial charge on any atom is 0.345 e. The molecule has 0 aromatic carbocycles. The van der Waals surface area contributed by atoms with Gasteiger partial charge in [-0.05, 0) is 41.8 Å². The monoisotopic (exact) mass is 223 g/mol. The number of hydrogen-bond acceptors (Lipinski definition) is 4. The minimum absolute atomic E-state index is 0.0838. The highest BCUT2D eigenvalue weighted by molar-refractivity contribution is 7.53. The Hall–Kier alpha value is 0.110. The average molecular weight is 223 g/mol. The molecule has 5 heteroatoms. The summed E-state index contributed by atoms with van der Waals surface area (Å²) in [4.78, 5) is 1.81. The number of nitrogens with zero attached hydrogens (tertiary/aromatic N) is 1. The van der Waals surface area contributed by atoms with E-state index in [-0.39, 0.29) is 12.2 Å². The largest absolute Gasteiger partial charge is 0.345 e. The van der Waals surface area contributed by atoms with Gasteiger partial charge in [-0.2, -0.15) is 0 Å².